The molecule has 0 bridgehead atoms. The van der Waals surface area contributed by atoms with E-state index in [1.807, 2.05) is 27.7 Å². The third-order valence-electron chi connectivity index (χ3n) is 4.57. The van der Waals surface area contributed by atoms with Crippen LogP contribution in [0.15, 0.2) is 42.5 Å². The molecule has 0 radical (unpaired) electrons. The van der Waals surface area contributed by atoms with Gasteiger partial charge in [0.05, 0.1) is 0 Å². The minimum absolute atomic E-state index is 0.0531. The lowest BCUT2D eigenvalue weighted by molar-refractivity contribution is -0.143. The molecular formula is C23H28ClFN2O3. The van der Waals surface area contributed by atoms with Gasteiger partial charge in [0, 0.05) is 17.6 Å². The zero-order valence-corrected chi connectivity index (χ0v) is 18.5. The number of rotatable bonds is 9. The predicted molar refractivity (Wildman–Crippen MR) is 116 cm³/mol. The molecule has 0 heterocycles. The first-order valence-electron chi connectivity index (χ1n) is 9.94. The second kappa shape index (κ2) is 11.0. The Hall–Kier alpha value is -2.60. The second-order valence-electron chi connectivity index (χ2n) is 7.44. The fourth-order valence-electron chi connectivity index (χ4n) is 3.02. The van der Waals surface area contributed by atoms with Gasteiger partial charge in [0.2, 0.25) is 5.91 Å². The zero-order chi connectivity index (χ0) is 22.3. The molecule has 0 aliphatic rings. The first kappa shape index (κ1) is 23.7. The van der Waals surface area contributed by atoms with E-state index in [9.17, 15) is 14.0 Å². The second-order valence-corrected chi connectivity index (χ2v) is 7.84. The number of hydrogen-bond acceptors (Lipinski definition) is 3. The molecule has 1 atom stereocenters. The molecule has 0 fully saturated rings. The molecule has 2 rings (SSSR count). The van der Waals surface area contributed by atoms with Crippen LogP contribution in [0.1, 0.15) is 38.3 Å². The normalized spacial score (nSPS) is 11.8. The zero-order valence-electron chi connectivity index (χ0n) is 17.7. The van der Waals surface area contributed by atoms with Crippen LogP contribution in [0.4, 0.5) is 4.39 Å². The molecule has 162 valence electrons. The molecule has 2 amide bonds. The molecule has 0 saturated heterocycles. The lowest BCUT2D eigenvalue weighted by Gasteiger charge is -2.31. The van der Waals surface area contributed by atoms with Gasteiger partial charge in [-0.25, -0.2) is 4.39 Å². The standard InChI is InChI=1S/C23H28ClFN2O3/c1-5-21(23(29)26-15(2)3)27(13-17-6-8-18(25)9-7-17)22(28)14-30-19-10-11-20(24)16(4)12-19/h6-12,15,21H,5,13-14H2,1-4H3,(H,26,29)/t21-/m0/s1. The maximum absolute atomic E-state index is 13.3. The Kier molecular flexibility index (Phi) is 8.66. The fourth-order valence-corrected chi connectivity index (χ4v) is 3.14. The third-order valence-corrected chi connectivity index (χ3v) is 5.00. The van der Waals surface area contributed by atoms with E-state index in [0.717, 1.165) is 11.1 Å². The molecule has 7 heteroatoms. The summed E-state index contributed by atoms with van der Waals surface area (Å²) < 4.78 is 18.9. The molecule has 2 aromatic carbocycles. The molecule has 0 aliphatic carbocycles. The number of nitrogens with one attached hydrogen (secondary N) is 1. The van der Waals surface area contributed by atoms with Gasteiger partial charge in [-0.1, -0.05) is 30.7 Å². The largest absolute Gasteiger partial charge is 0.484 e. The van der Waals surface area contributed by atoms with E-state index < -0.39 is 6.04 Å². The highest BCUT2D eigenvalue weighted by Gasteiger charge is 2.29. The van der Waals surface area contributed by atoms with Crippen LogP contribution in [0.3, 0.4) is 0 Å². The molecular weight excluding hydrogens is 407 g/mol. The maximum Gasteiger partial charge on any atom is 0.261 e. The lowest BCUT2D eigenvalue weighted by atomic mass is 10.1. The van der Waals surface area contributed by atoms with Crippen LogP contribution in [0.2, 0.25) is 5.02 Å². The quantitative estimate of drug-likeness (QED) is 0.632. The van der Waals surface area contributed by atoms with E-state index in [-0.39, 0.29) is 36.8 Å². The van der Waals surface area contributed by atoms with E-state index in [4.69, 9.17) is 16.3 Å². The van der Waals surface area contributed by atoms with Crippen LogP contribution in [0.5, 0.6) is 5.75 Å². The van der Waals surface area contributed by atoms with Crippen molar-refractivity contribution >= 4 is 23.4 Å². The van der Waals surface area contributed by atoms with Gasteiger partial charge in [0.15, 0.2) is 6.61 Å². The Morgan fingerprint density at radius 1 is 1.17 bits per heavy atom. The van der Waals surface area contributed by atoms with Crippen LogP contribution in [-0.4, -0.2) is 35.4 Å². The van der Waals surface area contributed by atoms with Crippen molar-refractivity contribution in [2.45, 2.75) is 52.7 Å². The SMILES string of the molecule is CC[C@@H](C(=O)NC(C)C)N(Cc1ccc(F)cc1)C(=O)COc1ccc(Cl)c(C)c1. The number of carbonyl (C=O) groups excluding carboxylic acids is 2. The highest BCUT2D eigenvalue weighted by atomic mass is 35.5. The number of halogens is 2. The molecule has 0 aromatic heterocycles. The van der Waals surface area contributed by atoms with Crippen molar-refractivity contribution in [3.63, 3.8) is 0 Å². The van der Waals surface area contributed by atoms with Crippen LogP contribution in [-0.2, 0) is 16.1 Å². The van der Waals surface area contributed by atoms with E-state index in [0.29, 0.717) is 17.2 Å². The van der Waals surface area contributed by atoms with Crippen molar-refractivity contribution in [3.05, 3.63) is 64.4 Å². The van der Waals surface area contributed by atoms with Gasteiger partial charge in [-0.2, -0.15) is 0 Å². The Labute approximate surface area is 182 Å². The first-order valence-corrected chi connectivity index (χ1v) is 10.3. The van der Waals surface area contributed by atoms with Gasteiger partial charge in [0.25, 0.3) is 5.91 Å². The molecule has 1 N–H and O–H groups in total. The summed E-state index contributed by atoms with van der Waals surface area (Å²) in [6.45, 7) is 7.37. The molecule has 2 aromatic rings. The van der Waals surface area contributed by atoms with Crippen LogP contribution >= 0.6 is 11.6 Å². The summed E-state index contributed by atoms with van der Waals surface area (Å²) >= 11 is 6.03. The summed E-state index contributed by atoms with van der Waals surface area (Å²) in [5, 5.41) is 3.48. The highest BCUT2D eigenvalue weighted by Crippen LogP contribution is 2.21. The summed E-state index contributed by atoms with van der Waals surface area (Å²) in [4.78, 5) is 27.2. The van der Waals surface area contributed by atoms with Gasteiger partial charge in [0.1, 0.15) is 17.6 Å². The number of benzene rings is 2. The summed E-state index contributed by atoms with van der Waals surface area (Å²) in [7, 11) is 0. The van der Waals surface area contributed by atoms with Crippen molar-refractivity contribution in [3.8, 4) is 5.75 Å². The summed E-state index contributed by atoms with van der Waals surface area (Å²) in [5.74, 6) is -0.405. The van der Waals surface area contributed by atoms with E-state index >= 15 is 0 Å². The molecule has 5 nitrogen and oxygen atoms in total. The van der Waals surface area contributed by atoms with Gasteiger partial charge < -0.3 is 15.0 Å². The predicted octanol–water partition coefficient (Wildman–Crippen LogP) is 4.50. The summed E-state index contributed by atoms with van der Waals surface area (Å²) in [5.41, 5.74) is 1.57. The van der Waals surface area contributed by atoms with Gasteiger partial charge in [-0.15, -0.1) is 0 Å². The van der Waals surface area contributed by atoms with Gasteiger partial charge in [-0.05, 0) is 68.7 Å². The number of nitrogens with zero attached hydrogens (tertiary/aromatic N) is 1. The number of amides is 2. The van der Waals surface area contributed by atoms with Crippen molar-refractivity contribution in [2.24, 2.45) is 0 Å². The minimum atomic E-state index is -0.666. The fraction of sp³-hybridized carbons (Fsp3) is 0.391. The molecule has 30 heavy (non-hydrogen) atoms. The van der Waals surface area contributed by atoms with Crippen molar-refractivity contribution < 1.29 is 18.7 Å². The Morgan fingerprint density at radius 2 is 1.83 bits per heavy atom. The van der Waals surface area contributed by atoms with Gasteiger partial charge >= 0.3 is 0 Å². The van der Waals surface area contributed by atoms with E-state index in [1.165, 1.54) is 17.0 Å². The van der Waals surface area contributed by atoms with Crippen LogP contribution in [0, 0.1) is 12.7 Å². The van der Waals surface area contributed by atoms with Crippen LogP contribution < -0.4 is 10.1 Å². The first-order chi connectivity index (χ1) is 14.2. The van der Waals surface area contributed by atoms with Crippen LogP contribution in [0.25, 0.3) is 0 Å². The monoisotopic (exact) mass is 434 g/mol. The maximum atomic E-state index is 13.3. The minimum Gasteiger partial charge on any atom is -0.484 e. The number of hydrogen-bond donors (Lipinski definition) is 1. The number of ether oxygens (including phenoxy) is 1. The van der Waals surface area contributed by atoms with Gasteiger partial charge in [-0.3, -0.25) is 9.59 Å². The van der Waals surface area contributed by atoms with E-state index in [2.05, 4.69) is 5.32 Å². The third kappa shape index (κ3) is 6.73. The smallest absolute Gasteiger partial charge is 0.261 e. The molecule has 0 saturated carbocycles. The number of carbonyl (C=O) groups is 2. The molecule has 0 aliphatic heterocycles. The Bertz CT molecular complexity index is 871. The Balaban J connectivity index is 2.21. The average Bonchev–Trinajstić information content (AvgIpc) is 2.69. The Morgan fingerprint density at radius 3 is 2.40 bits per heavy atom. The van der Waals surface area contributed by atoms with Crippen molar-refractivity contribution in [2.75, 3.05) is 6.61 Å². The molecule has 0 unspecified atom stereocenters. The van der Waals surface area contributed by atoms with Crippen molar-refractivity contribution in [1.82, 2.24) is 10.2 Å². The summed E-state index contributed by atoms with van der Waals surface area (Å²) in [6.07, 6.45) is 0.436. The topological polar surface area (TPSA) is 58.6 Å². The van der Waals surface area contributed by atoms with E-state index in [1.54, 1.807) is 30.3 Å². The highest BCUT2D eigenvalue weighted by molar-refractivity contribution is 6.31. The summed E-state index contributed by atoms with van der Waals surface area (Å²) in [6, 6.07) is 10.3. The van der Waals surface area contributed by atoms with Crippen molar-refractivity contribution in [1.29, 1.82) is 0 Å². The average molecular weight is 435 g/mol. The lowest BCUT2D eigenvalue weighted by Crippen LogP contribution is -2.51. The molecule has 0 spiro atoms. The number of aryl methyl sites for hydroxylation is 1.